The summed E-state index contributed by atoms with van der Waals surface area (Å²) in [6, 6.07) is 14.3. The van der Waals surface area contributed by atoms with Gasteiger partial charge < -0.3 is 5.32 Å². The first-order valence-electron chi connectivity index (χ1n) is 8.88. The van der Waals surface area contributed by atoms with Crippen molar-refractivity contribution in [3.63, 3.8) is 0 Å². The molecule has 1 aromatic heterocycles. The molecule has 3 aromatic rings. The van der Waals surface area contributed by atoms with Crippen LogP contribution in [0, 0.1) is 0 Å². The number of carbonyl (C=O) groups is 1. The van der Waals surface area contributed by atoms with Crippen molar-refractivity contribution in [1.29, 1.82) is 0 Å². The molecule has 6 heteroatoms. The van der Waals surface area contributed by atoms with E-state index in [0.717, 1.165) is 0 Å². The maximum atomic E-state index is 12.4. The minimum Gasteiger partial charge on any atom is -0.326 e. The second-order valence-corrected chi connectivity index (χ2v) is 7.57. The number of carbonyl (C=O) groups excluding carboxylic acids is 1. The average molecular weight is 365 g/mol. The van der Waals surface area contributed by atoms with Crippen LogP contribution in [0.25, 0.3) is 10.8 Å². The number of rotatable bonds is 4. The molecule has 140 valence electrons. The summed E-state index contributed by atoms with van der Waals surface area (Å²) in [7, 11) is 0. The third-order valence-corrected chi connectivity index (χ3v) is 4.48. The fourth-order valence-electron chi connectivity index (χ4n) is 2.89. The lowest BCUT2D eigenvalue weighted by molar-refractivity contribution is -0.116. The zero-order valence-corrected chi connectivity index (χ0v) is 15.7. The Morgan fingerprint density at radius 1 is 1.00 bits per heavy atom. The van der Waals surface area contributed by atoms with Gasteiger partial charge in [0.1, 0.15) is 0 Å². The molecule has 0 spiro atoms. The van der Waals surface area contributed by atoms with Gasteiger partial charge in [0.05, 0.1) is 17.3 Å². The molecular weight excluding hydrogens is 342 g/mol. The molecule has 2 N–H and O–H groups in total. The van der Waals surface area contributed by atoms with Crippen molar-refractivity contribution in [3.8, 4) is 0 Å². The number of hydrogen-bond acceptors (Lipinski definition) is 3. The van der Waals surface area contributed by atoms with Crippen LogP contribution in [0.1, 0.15) is 32.8 Å². The summed E-state index contributed by atoms with van der Waals surface area (Å²) in [5.41, 5.74) is 1.27. The van der Waals surface area contributed by atoms with Crippen molar-refractivity contribution < 1.29 is 4.79 Å². The van der Waals surface area contributed by atoms with Crippen LogP contribution in [0.4, 0.5) is 5.69 Å². The van der Waals surface area contributed by atoms with Gasteiger partial charge in [0.15, 0.2) is 0 Å². The molecule has 3 rings (SSSR count). The van der Waals surface area contributed by atoms with Crippen molar-refractivity contribution >= 4 is 22.4 Å². The molecule has 2 aromatic carbocycles. The molecule has 0 saturated heterocycles. The van der Waals surface area contributed by atoms with Crippen molar-refractivity contribution in [2.75, 3.05) is 5.32 Å². The van der Waals surface area contributed by atoms with Crippen LogP contribution in [-0.2, 0) is 16.8 Å². The summed E-state index contributed by atoms with van der Waals surface area (Å²) in [6.07, 6.45) is 0.0786. The highest BCUT2D eigenvalue weighted by molar-refractivity contribution is 5.90. The van der Waals surface area contributed by atoms with E-state index in [1.807, 2.05) is 24.3 Å². The van der Waals surface area contributed by atoms with Crippen molar-refractivity contribution in [1.82, 2.24) is 9.78 Å². The third-order valence-electron chi connectivity index (χ3n) is 4.48. The minimum atomic E-state index is -0.344. The lowest BCUT2D eigenvalue weighted by atomic mass is 9.87. The average Bonchev–Trinajstić information content (AvgIpc) is 2.63. The largest absolute Gasteiger partial charge is 0.326 e. The fraction of sp³-hybridized carbons (Fsp3) is 0.286. The van der Waals surface area contributed by atoms with Gasteiger partial charge in [-0.15, -0.1) is 0 Å². The van der Waals surface area contributed by atoms with Crippen LogP contribution >= 0.6 is 0 Å². The number of amides is 1. The number of nitrogens with one attached hydrogen (secondary N) is 2. The zero-order chi connectivity index (χ0) is 19.6. The molecule has 0 aliphatic rings. The van der Waals surface area contributed by atoms with Crippen molar-refractivity contribution in [3.05, 3.63) is 74.8 Å². The summed E-state index contributed by atoms with van der Waals surface area (Å²) < 4.78 is 1.19. The normalized spacial score (nSPS) is 11.5. The number of aryl methyl sites for hydroxylation is 1. The number of H-pyrrole nitrogens is 1. The van der Waals surface area contributed by atoms with Crippen molar-refractivity contribution in [2.24, 2.45) is 0 Å². The van der Waals surface area contributed by atoms with Gasteiger partial charge >= 0.3 is 0 Å². The quantitative estimate of drug-likeness (QED) is 0.745. The molecule has 0 aliphatic heterocycles. The Kier molecular flexibility index (Phi) is 4.99. The number of aromatic nitrogens is 2. The summed E-state index contributed by atoms with van der Waals surface area (Å²) in [5, 5.41) is 6.04. The first kappa shape index (κ1) is 18.6. The Bertz CT molecular complexity index is 1090. The number of benzene rings is 2. The molecule has 0 bridgehead atoms. The number of fused-ring (bicyclic) bond motifs is 1. The van der Waals surface area contributed by atoms with Gasteiger partial charge in [0.25, 0.3) is 11.1 Å². The lowest BCUT2D eigenvalue weighted by Crippen LogP contribution is -2.31. The van der Waals surface area contributed by atoms with Crippen LogP contribution in [0.5, 0.6) is 0 Å². The summed E-state index contributed by atoms with van der Waals surface area (Å²) >= 11 is 0. The van der Waals surface area contributed by atoms with Gasteiger partial charge in [0.2, 0.25) is 5.91 Å². The van der Waals surface area contributed by atoms with E-state index in [1.54, 1.807) is 24.3 Å². The van der Waals surface area contributed by atoms with Crippen LogP contribution in [0.2, 0.25) is 0 Å². The molecule has 0 atom stereocenters. The molecule has 6 nitrogen and oxygen atoms in total. The van der Waals surface area contributed by atoms with Gasteiger partial charge in [-0.3, -0.25) is 19.5 Å². The van der Waals surface area contributed by atoms with E-state index in [-0.39, 0.29) is 35.4 Å². The predicted molar refractivity (Wildman–Crippen MR) is 107 cm³/mol. The Labute approximate surface area is 156 Å². The maximum Gasteiger partial charge on any atom is 0.273 e. The van der Waals surface area contributed by atoms with Crippen LogP contribution < -0.4 is 16.4 Å². The number of nitrogens with zero attached hydrogens (tertiary/aromatic N) is 1. The smallest absolute Gasteiger partial charge is 0.273 e. The highest BCUT2D eigenvalue weighted by Gasteiger charge is 2.13. The highest BCUT2D eigenvalue weighted by Crippen LogP contribution is 2.23. The molecule has 0 unspecified atom stereocenters. The summed E-state index contributed by atoms with van der Waals surface area (Å²) in [6.45, 7) is 6.48. The third kappa shape index (κ3) is 4.16. The second-order valence-electron chi connectivity index (χ2n) is 7.57. The van der Waals surface area contributed by atoms with Crippen molar-refractivity contribution in [2.45, 2.75) is 39.2 Å². The number of aromatic amines is 1. The Morgan fingerprint density at radius 2 is 1.63 bits per heavy atom. The first-order valence-corrected chi connectivity index (χ1v) is 8.88. The van der Waals surface area contributed by atoms with E-state index in [9.17, 15) is 14.4 Å². The Morgan fingerprint density at radius 3 is 2.26 bits per heavy atom. The highest BCUT2D eigenvalue weighted by atomic mass is 16.2. The SMILES string of the molecule is CC(C)(C)c1ccc(NC(=O)CCn2[nH]c(=O)c3ccccc3c2=O)cc1. The van der Waals surface area contributed by atoms with Crippen LogP contribution in [-0.4, -0.2) is 15.7 Å². The second kappa shape index (κ2) is 7.23. The van der Waals surface area contributed by atoms with Crippen LogP contribution in [0.3, 0.4) is 0 Å². The van der Waals surface area contributed by atoms with Gasteiger partial charge in [0, 0.05) is 12.1 Å². The molecule has 27 heavy (non-hydrogen) atoms. The number of anilines is 1. The monoisotopic (exact) mass is 365 g/mol. The standard InChI is InChI=1S/C21H23N3O3/c1-21(2,3)14-8-10-15(11-9-14)22-18(25)12-13-24-20(27)17-7-5-4-6-16(17)19(26)23-24/h4-11H,12-13H2,1-3H3,(H,22,25)(H,23,26). The maximum absolute atomic E-state index is 12.4. The Balaban J connectivity index is 1.69. The van der Waals surface area contributed by atoms with Crippen LogP contribution in [0.15, 0.2) is 58.1 Å². The van der Waals surface area contributed by atoms with E-state index in [0.29, 0.717) is 16.5 Å². The van der Waals surface area contributed by atoms with E-state index in [1.165, 1.54) is 10.2 Å². The fourth-order valence-corrected chi connectivity index (χ4v) is 2.89. The molecular formula is C21H23N3O3. The van der Waals surface area contributed by atoms with Gasteiger partial charge in [-0.1, -0.05) is 45.0 Å². The van der Waals surface area contributed by atoms with Gasteiger partial charge in [-0.2, -0.15) is 0 Å². The Hall–Kier alpha value is -3.15. The molecule has 0 saturated carbocycles. The molecule has 1 heterocycles. The van der Waals surface area contributed by atoms with E-state index in [4.69, 9.17) is 0 Å². The molecule has 0 aliphatic carbocycles. The number of hydrogen-bond donors (Lipinski definition) is 2. The van der Waals surface area contributed by atoms with Gasteiger partial charge in [-0.25, -0.2) is 4.68 Å². The van der Waals surface area contributed by atoms with E-state index >= 15 is 0 Å². The first-order chi connectivity index (χ1) is 12.8. The van der Waals surface area contributed by atoms with E-state index in [2.05, 4.69) is 31.2 Å². The molecule has 0 fully saturated rings. The topological polar surface area (TPSA) is 84.0 Å². The predicted octanol–water partition coefficient (Wildman–Crippen LogP) is 3.02. The lowest BCUT2D eigenvalue weighted by Gasteiger charge is -2.19. The minimum absolute atomic E-state index is 0.0473. The molecule has 1 amide bonds. The summed E-state index contributed by atoms with van der Waals surface area (Å²) in [5.74, 6) is -0.223. The summed E-state index contributed by atoms with van der Waals surface area (Å²) in [4.78, 5) is 36.7. The molecule has 0 radical (unpaired) electrons. The van der Waals surface area contributed by atoms with E-state index < -0.39 is 0 Å². The zero-order valence-electron chi connectivity index (χ0n) is 15.7. The van der Waals surface area contributed by atoms with Gasteiger partial charge in [-0.05, 0) is 35.2 Å².